The van der Waals surface area contributed by atoms with E-state index in [1.54, 1.807) is 12.1 Å². The number of rotatable bonds is 1. The highest BCUT2D eigenvalue weighted by Gasteiger charge is 1.89. The van der Waals surface area contributed by atoms with E-state index in [1.165, 1.54) is 6.07 Å². The summed E-state index contributed by atoms with van der Waals surface area (Å²) in [6.45, 7) is 0. The summed E-state index contributed by atoms with van der Waals surface area (Å²) in [6, 6.07) is 6.93. The van der Waals surface area contributed by atoms with Crippen molar-refractivity contribution >= 4 is 11.6 Å². The molecule has 1 rings (SSSR count). The fourth-order valence-corrected chi connectivity index (χ4v) is 0.687. The van der Waals surface area contributed by atoms with E-state index < -0.39 is 0 Å². The van der Waals surface area contributed by atoms with E-state index in [0.29, 0.717) is 5.88 Å². The zero-order valence-electron chi connectivity index (χ0n) is 4.70. The van der Waals surface area contributed by atoms with E-state index in [-0.39, 0.29) is 5.82 Å². The van der Waals surface area contributed by atoms with Gasteiger partial charge in [0, 0.05) is 11.9 Å². The van der Waals surface area contributed by atoms with Gasteiger partial charge in [-0.25, -0.2) is 4.39 Å². The predicted octanol–water partition coefficient (Wildman–Crippen LogP) is 2.36. The van der Waals surface area contributed by atoms with E-state index in [0.717, 1.165) is 5.56 Å². The van der Waals surface area contributed by atoms with E-state index in [4.69, 9.17) is 11.6 Å². The summed E-state index contributed by atoms with van der Waals surface area (Å²) >= 11 is 5.44. The lowest BCUT2D eigenvalue weighted by Gasteiger charge is -1.90. The molecule has 9 heavy (non-hydrogen) atoms. The molecule has 2 heteroatoms. The van der Waals surface area contributed by atoms with Crippen LogP contribution in [0.1, 0.15) is 5.56 Å². The maximum absolute atomic E-state index is 12.1. The Morgan fingerprint density at radius 1 is 1.56 bits per heavy atom. The van der Waals surface area contributed by atoms with Gasteiger partial charge in [0.15, 0.2) is 0 Å². The number of hydrogen-bond acceptors (Lipinski definition) is 0. The van der Waals surface area contributed by atoms with Crippen LogP contribution in [0.5, 0.6) is 0 Å². The van der Waals surface area contributed by atoms with Crippen molar-refractivity contribution in [2.75, 3.05) is 0 Å². The third-order valence-corrected chi connectivity index (χ3v) is 1.30. The van der Waals surface area contributed by atoms with Gasteiger partial charge in [0.05, 0.1) is 0 Å². The van der Waals surface area contributed by atoms with E-state index >= 15 is 0 Å². The molecule has 1 aromatic carbocycles. The molecule has 0 aliphatic heterocycles. The SMILES string of the molecule is Fc1[c]cc(CCl)cc1. The lowest BCUT2D eigenvalue weighted by atomic mass is 10.2. The molecule has 0 atom stereocenters. The Kier molecular flexibility index (Phi) is 2.06. The fourth-order valence-electron chi connectivity index (χ4n) is 0.521. The molecule has 0 bridgehead atoms. The number of halogens is 2. The molecule has 1 aromatic rings. The highest BCUT2D eigenvalue weighted by molar-refractivity contribution is 6.17. The van der Waals surface area contributed by atoms with Crippen LogP contribution in [0.25, 0.3) is 0 Å². The Labute approximate surface area is 58.3 Å². The molecule has 0 saturated heterocycles. The van der Waals surface area contributed by atoms with Gasteiger partial charge < -0.3 is 0 Å². The minimum absolute atomic E-state index is 0.344. The Hall–Kier alpha value is -0.560. The van der Waals surface area contributed by atoms with Crippen molar-refractivity contribution in [3.63, 3.8) is 0 Å². The van der Waals surface area contributed by atoms with E-state index in [1.807, 2.05) is 0 Å². The first-order valence-electron chi connectivity index (χ1n) is 2.55. The highest BCUT2D eigenvalue weighted by atomic mass is 35.5. The Morgan fingerprint density at radius 2 is 2.33 bits per heavy atom. The van der Waals surface area contributed by atoms with Crippen LogP contribution in [-0.2, 0) is 5.88 Å². The number of benzene rings is 1. The second kappa shape index (κ2) is 2.83. The van der Waals surface area contributed by atoms with Gasteiger partial charge in [0.2, 0.25) is 0 Å². The molecule has 47 valence electrons. The quantitative estimate of drug-likeness (QED) is 0.530. The molecule has 0 aliphatic carbocycles. The van der Waals surface area contributed by atoms with Crippen LogP contribution < -0.4 is 0 Å². The first kappa shape index (κ1) is 6.56. The molecule has 0 aliphatic rings. The Bertz CT molecular complexity index is 181. The summed E-state index contributed by atoms with van der Waals surface area (Å²) in [4.78, 5) is 0. The average molecular weight is 144 g/mol. The van der Waals surface area contributed by atoms with Crippen molar-refractivity contribution in [2.24, 2.45) is 0 Å². The fraction of sp³-hybridized carbons (Fsp3) is 0.143. The van der Waals surface area contributed by atoms with Crippen LogP contribution in [-0.4, -0.2) is 0 Å². The smallest absolute Gasteiger partial charge is 0.131 e. The first-order valence-corrected chi connectivity index (χ1v) is 3.08. The average Bonchev–Trinajstić information content (AvgIpc) is 1.90. The lowest BCUT2D eigenvalue weighted by molar-refractivity contribution is 0.625. The summed E-state index contributed by atoms with van der Waals surface area (Å²) in [5.74, 6) is 0.0698. The summed E-state index contributed by atoms with van der Waals surface area (Å²) in [6.07, 6.45) is 0. The lowest BCUT2D eigenvalue weighted by Crippen LogP contribution is -1.77. The molecule has 0 aromatic heterocycles. The van der Waals surface area contributed by atoms with Gasteiger partial charge in [-0.3, -0.25) is 0 Å². The van der Waals surface area contributed by atoms with Crippen molar-refractivity contribution in [3.05, 3.63) is 35.6 Å². The van der Waals surface area contributed by atoms with Gasteiger partial charge in [-0.1, -0.05) is 6.07 Å². The second-order valence-corrected chi connectivity index (χ2v) is 1.95. The molecule has 0 fully saturated rings. The van der Waals surface area contributed by atoms with Crippen LogP contribution >= 0.6 is 11.6 Å². The highest BCUT2D eigenvalue weighted by Crippen LogP contribution is 2.03. The molecule has 1 radical (unpaired) electrons. The Balaban J connectivity index is 2.88. The molecule has 0 saturated carbocycles. The van der Waals surface area contributed by atoms with Crippen molar-refractivity contribution < 1.29 is 4.39 Å². The summed E-state index contributed by atoms with van der Waals surface area (Å²) < 4.78 is 12.1. The molecule has 0 spiro atoms. The number of alkyl halides is 1. The van der Waals surface area contributed by atoms with Crippen molar-refractivity contribution in [1.82, 2.24) is 0 Å². The molecule has 0 N–H and O–H groups in total. The van der Waals surface area contributed by atoms with Crippen LogP contribution in [0.2, 0.25) is 0 Å². The minimum atomic E-state index is -0.344. The monoisotopic (exact) mass is 143 g/mol. The summed E-state index contributed by atoms with van der Waals surface area (Å²) in [5, 5.41) is 0. The predicted molar refractivity (Wildman–Crippen MR) is 34.8 cm³/mol. The van der Waals surface area contributed by atoms with Gasteiger partial charge in [0.1, 0.15) is 5.82 Å². The topological polar surface area (TPSA) is 0 Å². The van der Waals surface area contributed by atoms with Crippen molar-refractivity contribution in [3.8, 4) is 0 Å². The zero-order valence-corrected chi connectivity index (χ0v) is 5.45. The van der Waals surface area contributed by atoms with Crippen molar-refractivity contribution in [2.45, 2.75) is 5.88 Å². The molecule has 0 nitrogen and oxygen atoms in total. The first-order chi connectivity index (χ1) is 4.33. The van der Waals surface area contributed by atoms with Crippen molar-refractivity contribution in [1.29, 1.82) is 0 Å². The molecular weight excluding hydrogens is 139 g/mol. The molecule has 0 heterocycles. The Morgan fingerprint density at radius 3 is 2.78 bits per heavy atom. The normalized spacial score (nSPS) is 9.56. The van der Waals surface area contributed by atoms with Gasteiger partial charge in [-0.15, -0.1) is 11.6 Å². The number of hydrogen-bond donors (Lipinski definition) is 0. The van der Waals surface area contributed by atoms with Crippen LogP contribution in [0.15, 0.2) is 18.2 Å². The van der Waals surface area contributed by atoms with Gasteiger partial charge in [0.25, 0.3) is 0 Å². The standard InChI is InChI=1S/C7H5ClF/c8-5-6-1-3-7(9)4-2-6/h1-3H,5H2. The van der Waals surface area contributed by atoms with E-state index in [9.17, 15) is 4.39 Å². The van der Waals surface area contributed by atoms with Crippen LogP contribution in [0.3, 0.4) is 0 Å². The maximum atomic E-state index is 12.1. The summed E-state index contributed by atoms with van der Waals surface area (Å²) in [7, 11) is 0. The van der Waals surface area contributed by atoms with Gasteiger partial charge in [-0.2, -0.15) is 0 Å². The third kappa shape index (κ3) is 1.68. The minimum Gasteiger partial charge on any atom is -0.206 e. The van der Waals surface area contributed by atoms with E-state index in [2.05, 4.69) is 6.07 Å². The largest absolute Gasteiger partial charge is 0.206 e. The van der Waals surface area contributed by atoms with Crippen LogP contribution in [0, 0.1) is 11.9 Å². The second-order valence-electron chi connectivity index (χ2n) is 1.68. The zero-order chi connectivity index (χ0) is 6.69. The maximum Gasteiger partial charge on any atom is 0.131 e. The summed E-state index contributed by atoms with van der Waals surface area (Å²) in [5.41, 5.74) is 0.887. The molecular formula is C7H5ClF. The molecule has 0 amide bonds. The van der Waals surface area contributed by atoms with Gasteiger partial charge in [-0.05, 0) is 17.7 Å². The molecule has 0 unspecified atom stereocenters. The van der Waals surface area contributed by atoms with Crippen LogP contribution in [0.4, 0.5) is 4.39 Å². The van der Waals surface area contributed by atoms with Gasteiger partial charge >= 0.3 is 0 Å². The third-order valence-electron chi connectivity index (χ3n) is 0.993.